The van der Waals surface area contributed by atoms with Crippen molar-refractivity contribution in [1.82, 2.24) is 9.97 Å². The molecule has 0 spiro atoms. The van der Waals surface area contributed by atoms with E-state index in [1.54, 1.807) is 0 Å². The second kappa shape index (κ2) is 16.5. The van der Waals surface area contributed by atoms with Gasteiger partial charge in [-0.3, -0.25) is 0 Å². The molecule has 0 aliphatic heterocycles. The summed E-state index contributed by atoms with van der Waals surface area (Å²) in [6.45, 7) is 14.1. The number of nitrogens with zero attached hydrogens (tertiary/aromatic N) is 2. The molecule has 0 saturated heterocycles. The molecule has 1 saturated carbocycles. The Morgan fingerprint density at radius 2 is 1.53 bits per heavy atom. The molecule has 5 heteroatoms. The third-order valence-electron chi connectivity index (χ3n) is 10.1. The van der Waals surface area contributed by atoms with Gasteiger partial charge in [0.25, 0.3) is 0 Å². The largest absolute Gasteiger partial charge is 0.501 e. The van der Waals surface area contributed by atoms with Gasteiger partial charge in [0.05, 0.1) is 13.7 Å². The molecule has 3 nitrogen and oxygen atoms in total. The molecule has 7 aromatic rings. The predicted octanol–water partition coefficient (Wildman–Crippen LogP) is 12.5. The van der Waals surface area contributed by atoms with Gasteiger partial charge in [-0.05, 0) is 70.1 Å². The van der Waals surface area contributed by atoms with Crippen LogP contribution in [0.3, 0.4) is 0 Å². The van der Waals surface area contributed by atoms with E-state index in [1.165, 1.54) is 53.1 Å². The minimum absolute atomic E-state index is 0. The van der Waals surface area contributed by atoms with E-state index in [2.05, 4.69) is 137 Å². The van der Waals surface area contributed by atoms with E-state index in [0.29, 0.717) is 0 Å². The van der Waals surface area contributed by atoms with E-state index in [4.69, 9.17) is 9.40 Å². The summed E-state index contributed by atoms with van der Waals surface area (Å²) in [6.07, 6.45) is 11.7. The predicted molar refractivity (Wildman–Crippen MR) is 222 cm³/mol. The van der Waals surface area contributed by atoms with Gasteiger partial charge in [0.1, 0.15) is 5.58 Å². The van der Waals surface area contributed by atoms with Crippen LogP contribution in [0, 0.1) is 23.5 Å². The van der Waals surface area contributed by atoms with Crippen molar-refractivity contribution in [1.29, 1.82) is 0 Å². The van der Waals surface area contributed by atoms with Crippen LogP contribution in [0.15, 0.2) is 120 Å². The standard InChI is InChI=1S/C29H24NO.C19H26NSi.Ir/c1-2-9-22(10-3-1)23-13-14-28-26(19-23)24-11-6-12-25(29(24)31-28)27-18-21(15-16-30-27)17-20-7-4-5-8-20;1-19(2,3)13-16-12-17(15-10-8-7-9-11-15)20-14-18(16)21(4,5)6;/h1-3,6,9-11,13-16,18-20H,4-5,7-8,17H2;7-10,12,14H,13H2,1-6H3;/q2*-1;. The van der Waals surface area contributed by atoms with Crippen LogP contribution in [-0.4, -0.2) is 18.0 Å². The Bertz CT molecular complexity index is 2280. The molecular formula is C48H50IrN2OSi-2. The van der Waals surface area contributed by atoms with E-state index in [0.717, 1.165) is 63.2 Å². The molecule has 273 valence electrons. The number of furan rings is 1. The number of aromatic nitrogens is 2. The van der Waals surface area contributed by atoms with Gasteiger partial charge < -0.3 is 14.4 Å². The zero-order valence-electron chi connectivity index (χ0n) is 31.9. The molecule has 1 aliphatic rings. The first-order valence-corrected chi connectivity index (χ1v) is 22.4. The summed E-state index contributed by atoms with van der Waals surface area (Å²) < 4.78 is 6.33. The number of pyridine rings is 2. The van der Waals surface area contributed by atoms with Gasteiger partial charge in [-0.25, -0.2) is 0 Å². The summed E-state index contributed by atoms with van der Waals surface area (Å²) in [7, 11) is -1.37. The Morgan fingerprint density at radius 3 is 2.25 bits per heavy atom. The second-order valence-corrected chi connectivity index (χ2v) is 21.7. The number of fused-ring (bicyclic) bond motifs is 3. The Balaban J connectivity index is 0.000000193. The van der Waals surface area contributed by atoms with Crippen LogP contribution in [0.25, 0.3) is 55.6 Å². The molecule has 8 rings (SSSR count). The number of hydrogen-bond acceptors (Lipinski definition) is 3. The molecule has 1 radical (unpaired) electrons. The van der Waals surface area contributed by atoms with Crippen LogP contribution in [0.4, 0.5) is 0 Å². The minimum atomic E-state index is -1.37. The Hall–Kier alpha value is -4.15. The van der Waals surface area contributed by atoms with E-state index in [9.17, 15) is 0 Å². The summed E-state index contributed by atoms with van der Waals surface area (Å²) in [6, 6.07) is 42.4. The number of hydrogen-bond donors (Lipinski definition) is 0. The summed E-state index contributed by atoms with van der Waals surface area (Å²) in [5.74, 6) is 0.817. The van der Waals surface area contributed by atoms with Crippen molar-refractivity contribution in [3.05, 3.63) is 139 Å². The van der Waals surface area contributed by atoms with Crippen LogP contribution >= 0.6 is 0 Å². The Kier molecular flexibility index (Phi) is 12.0. The van der Waals surface area contributed by atoms with Gasteiger partial charge in [0, 0.05) is 37.9 Å². The molecule has 0 atom stereocenters. The van der Waals surface area contributed by atoms with Gasteiger partial charge >= 0.3 is 0 Å². The van der Waals surface area contributed by atoms with Gasteiger partial charge in [0.15, 0.2) is 0 Å². The van der Waals surface area contributed by atoms with Crippen LogP contribution in [0.1, 0.15) is 57.6 Å². The molecule has 0 bridgehead atoms. The van der Waals surface area contributed by atoms with Crippen LogP contribution in [0.2, 0.25) is 19.6 Å². The molecule has 1 aliphatic carbocycles. The summed E-state index contributed by atoms with van der Waals surface area (Å²) in [5, 5.41) is 3.73. The average Bonchev–Trinajstić information content (AvgIpc) is 3.79. The van der Waals surface area contributed by atoms with Crippen molar-refractivity contribution in [2.45, 2.75) is 78.9 Å². The van der Waals surface area contributed by atoms with Crippen molar-refractivity contribution in [3.63, 3.8) is 0 Å². The van der Waals surface area contributed by atoms with E-state index < -0.39 is 8.07 Å². The smallest absolute Gasteiger partial charge is 0.120 e. The van der Waals surface area contributed by atoms with Gasteiger partial charge in [0.2, 0.25) is 0 Å². The maximum Gasteiger partial charge on any atom is 0.120 e. The van der Waals surface area contributed by atoms with Gasteiger partial charge in [-0.15, -0.1) is 54.1 Å². The first-order valence-electron chi connectivity index (χ1n) is 18.9. The van der Waals surface area contributed by atoms with Gasteiger partial charge in [-0.1, -0.05) is 137 Å². The topological polar surface area (TPSA) is 38.9 Å². The molecule has 3 aromatic heterocycles. The Morgan fingerprint density at radius 1 is 0.755 bits per heavy atom. The third-order valence-corrected chi connectivity index (χ3v) is 12.2. The van der Waals surface area contributed by atoms with E-state index >= 15 is 0 Å². The quantitative estimate of drug-likeness (QED) is 0.118. The van der Waals surface area contributed by atoms with Crippen LogP contribution in [-0.2, 0) is 32.9 Å². The van der Waals surface area contributed by atoms with Crippen molar-refractivity contribution in [3.8, 4) is 33.6 Å². The zero-order chi connectivity index (χ0) is 36.3. The molecule has 0 unspecified atom stereocenters. The van der Waals surface area contributed by atoms with E-state index in [-0.39, 0.29) is 25.5 Å². The molecule has 53 heavy (non-hydrogen) atoms. The first-order chi connectivity index (χ1) is 25.0. The van der Waals surface area contributed by atoms with Gasteiger partial charge in [-0.2, -0.15) is 0 Å². The zero-order valence-corrected chi connectivity index (χ0v) is 35.3. The molecule has 3 heterocycles. The van der Waals surface area contributed by atoms with E-state index in [1.807, 2.05) is 36.5 Å². The van der Waals surface area contributed by atoms with Crippen molar-refractivity contribution < 1.29 is 24.5 Å². The van der Waals surface area contributed by atoms with Crippen molar-refractivity contribution >= 4 is 35.2 Å². The summed E-state index contributed by atoms with van der Waals surface area (Å²) in [4.78, 5) is 9.39. The van der Waals surface area contributed by atoms with Crippen LogP contribution < -0.4 is 5.19 Å². The van der Waals surface area contributed by atoms with Crippen molar-refractivity contribution in [2.75, 3.05) is 0 Å². The molecular weight excluding hydrogens is 841 g/mol. The maximum absolute atomic E-state index is 6.33. The molecule has 4 aromatic carbocycles. The first kappa shape index (κ1) is 38.6. The summed E-state index contributed by atoms with van der Waals surface area (Å²) >= 11 is 0. The van der Waals surface area contributed by atoms with Crippen molar-refractivity contribution in [2.24, 2.45) is 11.3 Å². The molecule has 0 amide bonds. The minimum Gasteiger partial charge on any atom is -0.501 e. The fraction of sp³-hybridized carbons (Fsp3) is 0.292. The summed E-state index contributed by atoms with van der Waals surface area (Å²) in [5.41, 5.74) is 11.3. The fourth-order valence-electron chi connectivity index (χ4n) is 7.62. The maximum atomic E-state index is 6.33. The second-order valence-electron chi connectivity index (χ2n) is 16.7. The fourth-order valence-corrected chi connectivity index (χ4v) is 9.19. The number of benzene rings is 4. The monoisotopic (exact) mass is 891 g/mol. The Labute approximate surface area is 330 Å². The average molecular weight is 891 g/mol. The molecule has 1 fully saturated rings. The number of rotatable bonds is 7. The normalized spacial score (nSPS) is 13.5. The third kappa shape index (κ3) is 9.33. The molecule has 0 N–H and O–H groups in total. The SMILES string of the molecule is CC(C)(C)Cc1cc(-c2[c-]cccc2)ncc1[Si](C)(C)C.[Ir].[c-]1ccc2c(oc3ccc(-c4ccccc4)cc32)c1-c1cc(CC2CCCC2)ccn1. The van der Waals surface area contributed by atoms with Crippen LogP contribution in [0.5, 0.6) is 0 Å².